The normalized spacial score (nSPS) is 13.8. The average molecular weight is 200 g/mol. The second-order valence-electron chi connectivity index (χ2n) is 4.73. The molecule has 1 unspecified atom stereocenters. The lowest BCUT2D eigenvalue weighted by molar-refractivity contribution is -0.123. The molecule has 1 amide bonds. The lowest BCUT2D eigenvalue weighted by Crippen LogP contribution is -2.44. The van der Waals surface area contributed by atoms with Crippen LogP contribution in [0.2, 0.25) is 0 Å². The van der Waals surface area contributed by atoms with E-state index in [0.717, 1.165) is 12.8 Å². The van der Waals surface area contributed by atoms with Gasteiger partial charge in [0.15, 0.2) is 0 Å². The van der Waals surface area contributed by atoms with Gasteiger partial charge in [0.05, 0.1) is 0 Å². The van der Waals surface area contributed by atoms with Crippen molar-refractivity contribution in [3.8, 4) is 0 Å². The summed E-state index contributed by atoms with van der Waals surface area (Å²) in [6.07, 6.45) is 2.62. The Hall–Kier alpha value is -0.570. The van der Waals surface area contributed by atoms with Gasteiger partial charge in [-0.15, -0.1) is 0 Å². The molecule has 14 heavy (non-hydrogen) atoms. The molecule has 0 aliphatic carbocycles. The van der Waals surface area contributed by atoms with E-state index >= 15 is 0 Å². The molecule has 0 aliphatic rings. The molecule has 0 aromatic carbocycles. The quantitative estimate of drug-likeness (QED) is 0.685. The van der Waals surface area contributed by atoms with Gasteiger partial charge in [0.25, 0.3) is 0 Å². The zero-order chi connectivity index (χ0) is 11.2. The number of hydrogen-bond donors (Lipinski definition) is 2. The molecule has 3 heteroatoms. The van der Waals surface area contributed by atoms with E-state index in [1.807, 2.05) is 6.92 Å². The molecule has 0 heterocycles. The van der Waals surface area contributed by atoms with Crippen LogP contribution in [0.4, 0.5) is 0 Å². The minimum Gasteiger partial charge on any atom is -0.351 e. The molecule has 0 aromatic heterocycles. The van der Waals surface area contributed by atoms with Gasteiger partial charge in [-0.05, 0) is 32.7 Å². The summed E-state index contributed by atoms with van der Waals surface area (Å²) in [5, 5.41) is 3.03. The first kappa shape index (κ1) is 13.4. The molecule has 3 N–H and O–H groups in total. The lowest BCUT2D eigenvalue weighted by atomic mass is 9.98. The van der Waals surface area contributed by atoms with Gasteiger partial charge in [-0.1, -0.05) is 20.3 Å². The van der Waals surface area contributed by atoms with Crippen LogP contribution in [0.3, 0.4) is 0 Å². The molecule has 0 saturated heterocycles. The van der Waals surface area contributed by atoms with Crippen LogP contribution in [0.5, 0.6) is 0 Å². The second-order valence-corrected chi connectivity index (χ2v) is 4.73. The van der Waals surface area contributed by atoms with Crippen LogP contribution in [0, 0.1) is 5.92 Å². The van der Waals surface area contributed by atoms with Crippen molar-refractivity contribution in [1.82, 2.24) is 5.32 Å². The highest BCUT2D eigenvalue weighted by Crippen LogP contribution is 2.11. The Morgan fingerprint density at radius 3 is 2.50 bits per heavy atom. The number of carbonyl (C=O) groups excluding carboxylic acids is 1. The molecule has 0 rings (SSSR count). The largest absolute Gasteiger partial charge is 0.351 e. The fraction of sp³-hybridized carbons (Fsp3) is 0.909. The highest BCUT2D eigenvalue weighted by Gasteiger charge is 2.19. The van der Waals surface area contributed by atoms with E-state index in [1.165, 1.54) is 0 Å². The number of carbonyl (C=O) groups is 1. The molecule has 0 spiro atoms. The maximum atomic E-state index is 11.5. The topological polar surface area (TPSA) is 55.1 Å². The highest BCUT2D eigenvalue weighted by atomic mass is 16.1. The number of hydrogen-bond acceptors (Lipinski definition) is 2. The zero-order valence-electron chi connectivity index (χ0n) is 9.89. The Morgan fingerprint density at radius 2 is 2.07 bits per heavy atom. The Balaban J connectivity index is 3.92. The Labute approximate surface area is 87.4 Å². The third-order valence-corrected chi connectivity index (χ3v) is 2.29. The van der Waals surface area contributed by atoms with Crippen LogP contribution in [-0.2, 0) is 4.79 Å². The summed E-state index contributed by atoms with van der Waals surface area (Å²) in [5.74, 6) is 0.383. The Kier molecular flexibility index (Phi) is 5.77. The predicted octanol–water partition coefficient (Wildman–Crippen LogP) is 1.67. The first-order valence-electron chi connectivity index (χ1n) is 5.42. The molecular weight excluding hydrogens is 176 g/mol. The molecule has 84 valence electrons. The van der Waals surface area contributed by atoms with Gasteiger partial charge in [0.1, 0.15) is 0 Å². The third-order valence-electron chi connectivity index (χ3n) is 2.29. The van der Waals surface area contributed by atoms with Crippen molar-refractivity contribution in [1.29, 1.82) is 0 Å². The fourth-order valence-electron chi connectivity index (χ4n) is 1.52. The van der Waals surface area contributed by atoms with Gasteiger partial charge in [0.2, 0.25) is 5.91 Å². The van der Waals surface area contributed by atoms with Crippen molar-refractivity contribution in [3.05, 3.63) is 0 Å². The van der Waals surface area contributed by atoms with Crippen molar-refractivity contribution in [3.63, 3.8) is 0 Å². The average Bonchev–Trinajstić information content (AvgIpc) is 2.02. The summed E-state index contributed by atoms with van der Waals surface area (Å²) < 4.78 is 0. The highest BCUT2D eigenvalue weighted by molar-refractivity contribution is 5.76. The van der Waals surface area contributed by atoms with E-state index in [4.69, 9.17) is 5.73 Å². The van der Waals surface area contributed by atoms with Gasteiger partial charge in [-0.2, -0.15) is 0 Å². The van der Waals surface area contributed by atoms with Gasteiger partial charge in [-0.3, -0.25) is 4.79 Å². The van der Waals surface area contributed by atoms with Crippen LogP contribution in [-0.4, -0.2) is 18.0 Å². The summed E-state index contributed by atoms with van der Waals surface area (Å²) in [6, 6.07) is 0. The maximum absolute atomic E-state index is 11.5. The number of rotatable bonds is 6. The molecule has 0 bridgehead atoms. The smallest absolute Gasteiger partial charge is 0.220 e. The SMILES string of the molecule is CCCC(C)(C)NC(=O)CC(C)CN. The minimum absolute atomic E-state index is 0.0832. The summed E-state index contributed by atoms with van der Waals surface area (Å²) in [7, 11) is 0. The molecule has 0 saturated carbocycles. The fourth-order valence-corrected chi connectivity index (χ4v) is 1.52. The van der Waals surface area contributed by atoms with Crippen LogP contribution >= 0.6 is 0 Å². The summed E-state index contributed by atoms with van der Waals surface area (Å²) >= 11 is 0. The van der Waals surface area contributed by atoms with Crippen molar-refractivity contribution >= 4 is 5.91 Å². The first-order valence-corrected chi connectivity index (χ1v) is 5.42. The van der Waals surface area contributed by atoms with Gasteiger partial charge in [-0.25, -0.2) is 0 Å². The molecule has 0 aliphatic heterocycles. The molecular formula is C11H24N2O. The van der Waals surface area contributed by atoms with Crippen molar-refractivity contribution in [2.75, 3.05) is 6.54 Å². The molecule has 1 atom stereocenters. The van der Waals surface area contributed by atoms with Gasteiger partial charge >= 0.3 is 0 Å². The molecule has 3 nitrogen and oxygen atoms in total. The standard InChI is InChI=1S/C11H24N2O/c1-5-6-11(3,4)13-10(14)7-9(2)8-12/h9H,5-8,12H2,1-4H3,(H,13,14). The summed E-state index contributed by atoms with van der Waals surface area (Å²) in [6.45, 7) is 8.80. The maximum Gasteiger partial charge on any atom is 0.220 e. The predicted molar refractivity (Wildman–Crippen MR) is 60.0 cm³/mol. The van der Waals surface area contributed by atoms with Crippen LogP contribution in [0.1, 0.15) is 47.0 Å². The van der Waals surface area contributed by atoms with Gasteiger partial charge < -0.3 is 11.1 Å². The molecule has 0 radical (unpaired) electrons. The van der Waals surface area contributed by atoms with Crippen LogP contribution < -0.4 is 11.1 Å². The second kappa shape index (κ2) is 6.02. The first-order chi connectivity index (χ1) is 6.41. The van der Waals surface area contributed by atoms with Crippen molar-refractivity contribution in [2.45, 2.75) is 52.5 Å². The summed E-state index contributed by atoms with van der Waals surface area (Å²) in [4.78, 5) is 11.5. The van der Waals surface area contributed by atoms with E-state index in [0.29, 0.717) is 13.0 Å². The van der Waals surface area contributed by atoms with E-state index in [9.17, 15) is 4.79 Å². The monoisotopic (exact) mass is 200 g/mol. The zero-order valence-corrected chi connectivity index (χ0v) is 9.89. The third kappa shape index (κ3) is 5.97. The Morgan fingerprint density at radius 1 is 1.50 bits per heavy atom. The summed E-state index contributed by atoms with van der Waals surface area (Å²) in [5.41, 5.74) is 5.38. The Bertz CT molecular complexity index is 178. The van der Waals surface area contributed by atoms with E-state index < -0.39 is 0 Å². The number of nitrogens with one attached hydrogen (secondary N) is 1. The van der Waals surface area contributed by atoms with Crippen molar-refractivity contribution in [2.24, 2.45) is 11.7 Å². The number of nitrogens with two attached hydrogens (primary N) is 1. The molecule has 0 aromatic rings. The lowest BCUT2D eigenvalue weighted by Gasteiger charge is -2.26. The van der Waals surface area contributed by atoms with Gasteiger partial charge in [0, 0.05) is 12.0 Å². The van der Waals surface area contributed by atoms with E-state index in [1.54, 1.807) is 0 Å². The number of amides is 1. The minimum atomic E-state index is -0.0832. The van der Waals surface area contributed by atoms with E-state index in [2.05, 4.69) is 26.1 Å². The van der Waals surface area contributed by atoms with Crippen LogP contribution in [0.25, 0.3) is 0 Å². The van der Waals surface area contributed by atoms with Crippen molar-refractivity contribution < 1.29 is 4.79 Å². The van der Waals surface area contributed by atoms with Crippen LogP contribution in [0.15, 0.2) is 0 Å². The van der Waals surface area contributed by atoms with E-state index in [-0.39, 0.29) is 17.4 Å². The molecule has 0 fully saturated rings.